The molecule has 1 aliphatic heterocycles. The lowest BCUT2D eigenvalue weighted by atomic mass is 9.87. The average Bonchev–Trinajstić information content (AvgIpc) is 3.22. The van der Waals surface area contributed by atoms with Crippen LogP contribution in [0.5, 0.6) is 0 Å². The Hall–Kier alpha value is -2.65. The van der Waals surface area contributed by atoms with Gasteiger partial charge in [-0.2, -0.15) is 0 Å². The lowest BCUT2D eigenvalue weighted by Crippen LogP contribution is -2.50. The molecule has 0 aliphatic carbocycles. The number of carbonyl (C=O) groups excluding carboxylic acids is 1. The smallest absolute Gasteiger partial charge is 0.331 e. The Kier molecular flexibility index (Phi) is 5.66. The van der Waals surface area contributed by atoms with E-state index < -0.39 is 24.9 Å². The van der Waals surface area contributed by atoms with Crippen LogP contribution in [0.1, 0.15) is 12.5 Å². The van der Waals surface area contributed by atoms with Crippen molar-refractivity contribution in [3.05, 3.63) is 108 Å². The molecule has 0 saturated carbocycles. The van der Waals surface area contributed by atoms with E-state index in [1.54, 1.807) is 18.2 Å². The molecule has 0 spiro atoms. The van der Waals surface area contributed by atoms with E-state index in [-0.39, 0.29) is 0 Å². The van der Waals surface area contributed by atoms with Gasteiger partial charge in [-0.3, -0.25) is 4.57 Å². The summed E-state index contributed by atoms with van der Waals surface area (Å²) >= 11 is 6.09. The summed E-state index contributed by atoms with van der Waals surface area (Å²) in [6.45, 7) is 1.89. The number of nitrogens with one attached hydrogen (secondary N) is 1. The van der Waals surface area contributed by atoms with Gasteiger partial charge in [-0.05, 0) is 55.0 Å². The number of hydrogen-bond acceptors (Lipinski definition) is 3. The Bertz CT molecular complexity index is 1070. The maximum Gasteiger partial charge on any atom is 0.331 e. The van der Waals surface area contributed by atoms with Crippen LogP contribution in [0.25, 0.3) is 0 Å². The lowest BCUT2D eigenvalue weighted by molar-refractivity contribution is -0.141. The topological polar surface area (TPSA) is 55.4 Å². The highest BCUT2D eigenvalue weighted by molar-refractivity contribution is 7.77. The van der Waals surface area contributed by atoms with E-state index in [2.05, 4.69) is 5.09 Å². The number of benzene rings is 3. The van der Waals surface area contributed by atoms with E-state index in [1.807, 2.05) is 79.7 Å². The third-order valence-corrected chi connectivity index (χ3v) is 8.37. The predicted octanol–water partition coefficient (Wildman–Crippen LogP) is 4.56. The quantitative estimate of drug-likeness (QED) is 0.454. The summed E-state index contributed by atoms with van der Waals surface area (Å²) in [5.74, 6) is -0.420. The van der Waals surface area contributed by atoms with E-state index in [0.717, 1.165) is 5.56 Å². The van der Waals surface area contributed by atoms with Crippen molar-refractivity contribution in [3.8, 4) is 0 Å². The first-order valence-electron chi connectivity index (χ1n) is 9.57. The molecule has 3 aromatic rings. The zero-order valence-corrected chi connectivity index (χ0v) is 18.0. The number of hydrogen-bond donors (Lipinski definition) is 1. The summed E-state index contributed by atoms with van der Waals surface area (Å²) in [5.41, 5.74) is -0.155. The standard InChI is InChI=1S/C24H21ClNO3P/c1-24(22-16-17-23(27)29-22,18-12-14-19(25)15-13-18)26-30(28,20-8-4-2-5-9-20)21-10-6-3-7-11-21/h2-17,22H,1H3,(H,26,28). The van der Waals surface area contributed by atoms with Crippen molar-refractivity contribution >= 4 is 35.5 Å². The van der Waals surface area contributed by atoms with Crippen molar-refractivity contribution < 1.29 is 14.1 Å². The van der Waals surface area contributed by atoms with Crippen molar-refractivity contribution in [2.45, 2.75) is 18.6 Å². The molecule has 2 atom stereocenters. The SMILES string of the molecule is CC(NP(=O)(c1ccccc1)c1ccccc1)(c1ccc(Cl)cc1)C1C=CC(=O)O1. The molecule has 1 aliphatic rings. The maximum absolute atomic E-state index is 14.6. The van der Waals surface area contributed by atoms with Crippen LogP contribution < -0.4 is 15.7 Å². The van der Waals surface area contributed by atoms with Crippen LogP contribution in [0.2, 0.25) is 5.02 Å². The van der Waals surface area contributed by atoms with Crippen molar-refractivity contribution in [2.24, 2.45) is 0 Å². The summed E-state index contributed by atoms with van der Waals surface area (Å²) in [6.07, 6.45) is 2.47. The monoisotopic (exact) mass is 437 g/mol. The fourth-order valence-electron chi connectivity index (χ4n) is 3.65. The Morgan fingerprint density at radius 3 is 1.90 bits per heavy atom. The number of cyclic esters (lactones) is 1. The molecule has 30 heavy (non-hydrogen) atoms. The second-order valence-electron chi connectivity index (χ2n) is 7.32. The van der Waals surface area contributed by atoms with Gasteiger partial charge in [0, 0.05) is 21.7 Å². The summed E-state index contributed by atoms with van der Waals surface area (Å²) in [7, 11) is -3.30. The second kappa shape index (κ2) is 8.23. The highest BCUT2D eigenvalue weighted by Gasteiger charge is 2.45. The maximum atomic E-state index is 14.6. The van der Waals surface area contributed by atoms with Gasteiger partial charge in [0.2, 0.25) is 7.29 Å². The molecule has 2 unspecified atom stereocenters. The minimum atomic E-state index is -3.30. The van der Waals surface area contributed by atoms with Crippen molar-refractivity contribution in [2.75, 3.05) is 0 Å². The Labute approximate surface area is 181 Å². The van der Waals surface area contributed by atoms with Crippen LogP contribution >= 0.6 is 18.9 Å². The molecule has 0 aromatic heterocycles. The number of rotatable bonds is 6. The van der Waals surface area contributed by atoms with Crippen LogP contribution in [0.15, 0.2) is 97.1 Å². The molecule has 1 heterocycles. The Morgan fingerprint density at radius 2 is 1.43 bits per heavy atom. The summed E-state index contributed by atoms with van der Waals surface area (Å²) < 4.78 is 20.2. The molecule has 4 rings (SSSR count). The van der Waals surface area contributed by atoms with Gasteiger partial charge in [0.05, 0.1) is 5.54 Å². The molecular formula is C24H21ClNO3P. The lowest BCUT2D eigenvalue weighted by Gasteiger charge is -2.39. The minimum absolute atomic E-state index is 0.420. The fraction of sp³-hybridized carbons (Fsp3) is 0.125. The van der Waals surface area contributed by atoms with Gasteiger partial charge in [-0.15, -0.1) is 0 Å². The molecule has 0 fully saturated rings. The zero-order chi connectivity index (χ0) is 21.2. The zero-order valence-electron chi connectivity index (χ0n) is 16.4. The Balaban J connectivity index is 1.87. The first-order valence-corrected chi connectivity index (χ1v) is 11.7. The first kappa shape index (κ1) is 20.6. The van der Waals surface area contributed by atoms with Crippen LogP contribution in [0, 0.1) is 0 Å². The van der Waals surface area contributed by atoms with Crippen LogP contribution in [-0.2, 0) is 19.6 Å². The summed E-state index contributed by atoms with van der Waals surface area (Å²) in [4.78, 5) is 11.9. The molecular weight excluding hydrogens is 417 g/mol. The van der Waals surface area contributed by atoms with Gasteiger partial charge in [0.1, 0.15) is 6.10 Å². The number of esters is 1. The minimum Gasteiger partial charge on any atom is -0.453 e. The van der Waals surface area contributed by atoms with Gasteiger partial charge in [0.25, 0.3) is 0 Å². The molecule has 0 bridgehead atoms. The van der Waals surface area contributed by atoms with Gasteiger partial charge in [-0.25, -0.2) is 9.88 Å². The number of halogens is 1. The van der Waals surface area contributed by atoms with Gasteiger partial charge in [-0.1, -0.05) is 60.1 Å². The normalized spacial score (nSPS) is 18.1. The van der Waals surface area contributed by atoms with Crippen LogP contribution in [-0.4, -0.2) is 12.1 Å². The van der Waals surface area contributed by atoms with Gasteiger partial charge < -0.3 is 4.74 Å². The van der Waals surface area contributed by atoms with Crippen LogP contribution in [0.3, 0.4) is 0 Å². The molecule has 152 valence electrons. The van der Waals surface area contributed by atoms with Gasteiger partial charge in [0.15, 0.2) is 0 Å². The number of carbonyl (C=O) groups is 1. The molecule has 6 heteroatoms. The molecule has 0 amide bonds. The van der Waals surface area contributed by atoms with E-state index in [0.29, 0.717) is 15.6 Å². The first-order chi connectivity index (χ1) is 14.4. The van der Waals surface area contributed by atoms with Crippen LogP contribution in [0.4, 0.5) is 0 Å². The third kappa shape index (κ3) is 3.87. The molecule has 0 saturated heterocycles. The predicted molar refractivity (Wildman–Crippen MR) is 121 cm³/mol. The fourth-order valence-corrected chi connectivity index (χ4v) is 6.43. The molecule has 0 radical (unpaired) electrons. The highest BCUT2D eigenvalue weighted by atomic mass is 35.5. The number of ether oxygens (including phenoxy) is 1. The highest BCUT2D eigenvalue weighted by Crippen LogP contribution is 2.46. The van der Waals surface area contributed by atoms with Crippen molar-refractivity contribution in [1.82, 2.24) is 5.09 Å². The van der Waals surface area contributed by atoms with Crippen molar-refractivity contribution in [1.29, 1.82) is 0 Å². The molecule has 3 aromatic carbocycles. The Morgan fingerprint density at radius 1 is 0.900 bits per heavy atom. The largest absolute Gasteiger partial charge is 0.453 e. The van der Waals surface area contributed by atoms with E-state index in [1.165, 1.54) is 6.08 Å². The summed E-state index contributed by atoms with van der Waals surface area (Å²) in [5, 5.41) is 5.36. The average molecular weight is 438 g/mol. The van der Waals surface area contributed by atoms with E-state index in [4.69, 9.17) is 16.3 Å². The van der Waals surface area contributed by atoms with E-state index in [9.17, 15) is 9.36 Å². The van der Waals surface area contributed by atoms with Crippen molar-refractivity contribution in [3.63, 3.8) is 0 Å². The second-order valence-corrected chi connectivity index (χ2v) is 10.2. The van der Waals surface area contributed by atoms with E-state index >= 15 is 0 Å². The summed E-state index contributed by atoms with van der Waals surface area (Å²) in [6, 6.07) is 25.9. The molecule has 1 N–H and O–H groups in total. The van der Waals surface area contributed by atoms with Gasteiger partial charge >= 0.3 is 5.97 Å². The molecule has 4 nitrogen and oxygen atoms in total. The third-order valence-electron chi connectivity index (χ3n) is 5.29.